The summed E-state index contributed by atoms with van der Waals surface area (Å²) in [6.07, 6.45) is -0.758. The first-order valence-electron chi connectivity index (χ1n) is 6.79. The van der Waals surface area contributed by atoms with Crippen molar-refractivity contribution in [3.8, 4) is 5.75 Å². The topological polar surface area (TPSA) is 45.6 Å². The van der Waals surface area contributed by atoms with Crippen LogP contribution in [-0.4, -0.2) is 32.1 Å². The summed E-state index contributed by atoms with van der Waals surface area (Å²) in [7, 11) is 0. The largest absolute Gasteiger partial charge is 0.489 e. The van der Waals surface area contributed by atoms with Crippen molar-refractivity contribution in [1.29, 1.82) is 0 Å². The van der Waals surface area contributed by atoms with Crippen molar-refractivity contribution < 1.29 is 13.5 Å². The second kappa shape index (κ2) is 9.74. The number of alkyl halides is 2. The Morgan fingerprint density at radius 1 is 1.38 bits per heavy atom. The zero-order valence-corrected chi connectivity index (χ0v) is 12.1. The third-order valence-corrected chi connectivity index (χ3v) is 2.50. The lowest BCUT2D eigenvalue weighted by molar-refractivity contribution is 0.152. The van der Waals surface area contributed by atoms with E-state index in [0.29, 0.717) is 31.4 Å². The van der Waals surface area contributed by atoms with E-state index < -0.39 is 13.0 Å². The number of ether oxygens (including phenoxy) is 1. The van der Waals surface area contributed by atoms with Crippen molar-refractivity contribution in [3.05, 3.63) is 42.5 Å². The summed E-state index contributed by atoms with van der Waals surface area (Å²) in [6.45, 7) is 6.39. The number of nitrogens with one attached hydrogen (secondary N) is 2. The number of aliphatic imine (C=N–C) groups is 1. The molecule has 0 aromatic heterocycles. The van der Waals surface area contributed by atoms with Crippen LogP contribution in [0.25, 0.3) is 0 Å². The van der Waals surface area contributed by atoms with Crippen LogP contribution in [0.3, 0.4) is 0 Å². The molecule has 0 unspecified atom stereocenters. The van der Waals surface area contributed by atoms with Crippen LogP contribution in [0.4, 0.5) is 8.78 Å². The lowest BCUT2D eigenvalue weighted by atomic mass is 10.2. The first-order valence-corrected chi connectivity index (χ1v) is 6.79. The van der Waals surface area contributed by atoms with Gasteiger partial charge in [-0.15, -0.1) is 0 Å². The Morgan fingerprint density at radius 3 is 2.81 bits per heavy atom. The molecule has 1 aromatic carbocycles. The number of hydrogen-bond acceptors (Lipinski definition) is 2. The molecule has 0 radical (unpaired) electrons. The lowest BCUT2D eigenvalue weighted by Crippen LogP contribution is -2.39. The normalized spacial score (nSPS) is 11.3. The van der Waals surface area contributed by atoms with Gasteiger partial charge >= 0.3 is 0 Å². The first-order chi connectivity index (χ1) is 10.2. The number of guanidine groups is 1. The minimum absolute atomic E-state index is 0.339. The first kappa shape index (κ1) is 16.9. The van der Waals surface area contributed by atoms with Gasteiger partial charge in [0, 0.05) is 12.1 Å². The van der Waals surface area contributed by atoms with E-state index in [0.717, 1.165) is 5.56 Å². The highest BCUT2D eigenvalue weighted by atomic mass is 19.3. The van der Waals surface area contributed by atoms with Gasteiger partial charge in [0.05, 0.1) is 13.1 Å². The maximum Gasteiger partial charge on any atom is 0.255 e. The van der Waals surface area contributed by atoms with Crippen molar-refractivity contribution in [2.24, 2.45) is 4.99 Å². The van der Waals surface area contributed by atoms with E-state index in [4.69, 9.17) is 4.74 Å². The van der Waals surface area contributed by atoms with Crippen molar-refractivity contribution in [2.75, 3.05) is 19.7 Å². The number of halogens is 2. The SMILES string of the molecule is C=CCOc1ccccc1CN=C(NCC)NCC(F)F. The van der Waals surface area contributed by atoms with E-state index in [1.807, 2.05) is 31.2 Å². The summed E-state index contributed by atoms with van der Waals surface area (Å²) in [5.41, 5.74) is 0.883. The van der Waals surface area contributed by atoms with Crippen molar-refractivity contribution >= 4 is 5.96 Å². The summed E-state index contributed by atoms with van der Waals surface area (Å²) in [5, 5.41) is 5.50. The van der Waals surface area contributed by atoms with Crippen LogP contribution in [0.5, 0.6) is 5.75 Å². The molecule has 2 N–H and O–H groups in total. The number of hydrogen-bond donors (Lipinski definition) is 2. The van der Waals surface area contributed by atoms with Gasteiger partial charge in [-0.1, -0.05) is 30.9 Å². The highest BCUT2D eigenvalue weighted by Gasteiger charge is 2.05. The molecule has 0 aliphatic rings. The fourth-order valence-corrected chi connectivity index (χ4v) is 1.60. The molecule has 0 aliphatic carbocycles. The van der Waals surface area contributed by atoms with Crippen molar-refractivity contribution in [1.82, 2.24) is 10.6 Å². The zero-order valence-electron chi connectivity index (χ0n) is 12.1. The average Bonchev–Trinajstić information content (AvgIpc) is 2.48. The van der Waals surface area contributed by atoms with Crippen LogP contribution in [0.1, 0.15) is 12.5 Å². The number of nitrogens with zero attached hydrogens (tertiary/aromatic N) is 1. The Balaban J connectivity index is 2.72. The molecule has 21 heavy (non-hydrogen) atoms. The van der Waals surface area contributed by atoms with Gasteiger partial charge in [0.2, 0.25) is 0 Å². The van der Waals surface area contributed by atoms with E-state index in [-0.39, 0.29) is 0 Å². The number of rotatable bonds is 8. The molecule has 0 spiro atoms. The van der Waals surface area contributed by atoms with E-state index in [1.165, 1.54) is 0 Å². The molecular formula is C15H21F2N3O. The molecule has 0 bridgehead atoms. The van der Waals surface area contributed by atoms with Gasteiger partial charge in [0.15, 0.2) is 5.96 Å². The highest BCUT2D eigenvalue weighted by Crippen LogP contribution is 2.18. The monoisotopic (exact) mass is 297 g/mol. The van der Waals surface area contributed by atoms with Gasteiger partial charge < -0.3 is 15.4 Å². The second-order valence-electron chi connectivity index (χ2n) is 4.17. The molecule has 116 valence electrons. The van der Waals surface area contributed by atoms with Crippen LogP contribution in [0, 0.1) is 0 Å². The maximum absolute atomic E-state index is 12.2. The third kappa shape index (κ3) is 6.74. The predicted molar refractivity (Wildman–Crippen MR) is 81.0 cm³/mol. The Bertz CT molecular complexity index is 464. The van der Waals surface area contributed by atoms with Crippen molar-refractivity contribution in [3.63, 3.8) is 0 Å². The summed E-state index contributed by atoms with van der Waals surface area (Å²) >= 11 is 0. The Hall–Kier alpha value is -2.11. The molecule has 1 aromatic rings. The molecular weight excluding hydrogens is 276 g/mol. The fourth-order valence-electron chi connectivity index (χ4n) is 1.60. The Kier molecular flexibility index (Phi) is 7.86. The van der Waals surface area contributed by atoms with Gasteiger partial charge in [0.25, 0.3) is 6.43 Å². The number of para-hydroxylation sites is 1. The second-order valence-corrected chi connectivity index (χ2v) is 4.17. The van der Waals surface area contributed by atoms with Gasteiger partial charge in [-0.05, 0) is 13.0 Å². The average molecular weight is 297 g/mol. The van der Waals surface area contributed by atoms with Crippen LogP contribution in [0.15, 0.2) is 41.9 Å². The van der Waals surface area contributed by atoms with E-state index in [2.05, 4.69) is 22.2 Å². The van der Waals surface area contributed by atoms with Gasteiger partial charge in [0.1, 0.15) is 12.4 Å². The van der Waals surface area contributed by atoms with Crippen LogP contribution < -0.4 is 15.4 Å². The lowest BCUT2D eigenvalue weighted by Gasteiger charge is -2.12. The smallest absolute Gasteiger partial charge is 0.255 e. The zero-order chi connectivity index (χ0) is 15.5. The molecule has 0 heterocycles. The van der Waals surface area contributed by atoms with Gasteiger partial charge in [-0.25, -0.2) is 13.8 Å². The van der Waals surface area contributed by atoms with Crippen LogP contribution >= 0.6 is 0 Å². The minimum atomic E-state index is -2.42. The molecule has 0 saturated heterocycles. The van der Waals surface area contributed by atoms with E-state index >= 15 is 0 Å². The molecule has 1 rings (SSSR count). The number of benzene rings is 1. The third-order valence-electron chi connectivity index (χ3n) is 2.50. The van der Waals surface area contributed by atoms with Crippen LogP contribution in [0.2, 0.25) is 0 Å². The Labute approximate surface area is 123 Å². The summed E-state index contributed by atoms with van der Waals surface area (Å²) in [5.74, 6) is 1.07. The van der Waals surface area contributed by atoms with Gasteiger partial charge in [-0.2, -0.15) is 0 Å². The minimum Gasteiger partial charge on any atom is -0.489 e. The molecule has 0 fully saturated rings. The summed E-state index contributed by atoms with van der Waals surface area (Å²) in [6, 6.07) is 7.48. The van der Waals surface area contributed by atoms with Crippen LogP contribution in [-0.2, 0) is 6.54 Å². The highest BCUT2D eigenvalue weighted by molar-refractivity contribution is 5.79. The van der Waals surface area contributed by atoms with E-state index in [1.54, 1.807) is 6.08 Å². The van der Waals surface area contributed by atoms with E-state index in [9.17, 15) is 8.78 Å². The standard InChI is InChI=1S/C15H21F2N3O/c1-3-9-21-13-8-6-5-7-12(13)10-19-15(18-4-2)20-11-14(16)17/h3,5-8,14H,1,4,9-11H2,2H3,(H2,18,19,20). The molecule has 0 atom stereocenters. The molecule has 0 saturated carbocycles. The molecule has 6 heteroatoms. The summed E-state index contributed by atoms with van der Waals surface area (Å²) in [4.78, 5) is 4.28. The maximum atomic E-state index is 12.2. The van der Waals surface area contributed by atoms with Crippen molar-refractivity contribution in [2.45, 2.75) is 19.9 Å². The molecule has 4 nitrogen and oxygen atoms in total. The predicted octanol–water partition coefficient (Wildman–Crippen LogP) is 2.57. The molecule has 0 amide bonds. The quantitative estimate of drug-likeness (QED) is 0.440. The van der Waals surface area contributed by atoms with Gasteiger partial charge in [-0.3, -0.25) is 0 Å². The summed E-state index contributed by atoms with van der Waals surface area (Å²) < 4.78 is 30.0. The molecule has 0 aliphatic heterocycles. The fraction of sp³-hybridized carbons (Fsp3) is 0.400. The Morgan fingerprint density at radius 2 is 2.14 bits per heavy atom.